The van der Waals surface area contributed by atoms with Crippen molar-refractivity contribution < 1.29 is 19.2 Å². The summed E-state index contributed by atoms with van der Waals surface area (Å²) in [5.74, 6) is -1.55. The third-order valence-electron chi connectivity index (χ3n) is 4.28. The maximum Gasteiger partial charge on any atom is 0.266 e. The van der Waals surface area contributed by atoms with Gasteiger partial charge in [0.15, 0.2) is 10.2 Å². The number of nitrogens with one attached hydrogen (secondary N) is 2. The first-order valence-electron chi connectivity index (χ1n) is 9.00. The first-order chi connectivity index (χ1) is 15.2. The fraction of sp³-hybridized carbons (Fsp3) is 0.100. The number of nitrogens with zero attached hydrogens (tertiary/aromatic N) is 2. The molecule has 8 nitrogen and oxygen atoms in total. The number of hydrogen-bond acceptors (Lipinski definition) is 6. The van der Waals surface area contributed by atoms with Crippen LogP contribution < -0.4 is 10.6 Å². The zero-order valence-corrected chi connectivity index (χ0v) is 19.3. The Kier molecular flexibility index (Phi) is 7.52. The highest BCUT2D eigenvalue weighted by molar-refractivity contribution is 7.80. The molecule has 2 N–H and O–H groups in total. The van der Waals surface area contributed by atoms with Crippen LogP contribution in [0.15, 0.2) is 48.5 Å². The Balaban J connectivity index is 0.000000181. The van der Waals surface area contributed by atoms with E-state index < -0.39 is 11.8 Å². The molecule has 2 heterocycles. The minimum absolute atomic E-state index is 0.0676. The second kappa shape index (κ2) is 10.1. The number of thiocarbonyl (C=S) groups is 2. The van der Waals surface area contributed by atoms with Gasteiger partial charge in [-0.2, -0.15) is 0 Å². The van der Waals surface area contributed by atoms with Crippen LogP contribution in [0.3, 0.4) is 0 Å². The lowest BCUT2D eigenvalue weighted by Crippen LogP contribution is -2.36. The molecule has 0 aliphatic carbocycles. The number of carbonyl (C=O) groups excluding carboxylic acids is 4. The lowest BCUT2D eigenvalue weighted by atomic mass is 10.2. The van der Waals surface area contributed by atoms with Crippen LogP contribution in [0.25, 0.3) is 0 Å². The molecule has 32 heavy (non-hydrogen) atoms. The van der Waals surface area contributed by atoms with E-state index in [4.69, 9.17) is 47.6 Å². The van der Waals surface area contributed by atoms with Gasteiger partial charge >= 0.3 is 0 Å². The Labute approximate surface area is 203 Å². The van der Waals surface area contributed by atoms with Crippen molar-refractivity contribution in [1.82, 2.24) is 20.4 Å². The maximum absolute atomic E-state index is 11.9. The molecule has 0 aromatic heterocycles. The van der Waals surface area contributed by atoms with Crippen LogP contribution in [-0.4, -0.2) is 56.7 Å². The molecule has 164 valence electrons. The predicted molar refractivity (Wildman–Crippen MR) is 126 cm³/mol. The van der Waals surface area contributed by atoms with Gasteiger partial charge in [0.1, 0.15) is 0 Å². The molecule has 4 amide bonds. The Morgan fingerprint density at radius 3 is 1.25 bits per heavy atom. The standard InChI is InChI=1S/2C10H7ClN2O2S/c2*11-7-3-1-6(2-4-7)9(15)13-8(14)5-12-10(13)16/h2*1-4H,5H2,(H,12,16). The summed E-state index contributed by atoms with van der Waals surface area (Å²) in [5.41, 5.74) is 0.757. The van der Waals surface area contributed by atoms with Gasteiger partial charge < -0.3 is 10.6 Å². The van der Waals surface area contributed by atoms with Crippen molar-refractivity contribution in [2.45, 2.75) is 0 Å². The van der Waals surface area contributed by atoms with E-state index in [1.54, 1.807) is 48.5 Å². The summed E-state index contributed by atoms with van der Waals surface area (Å²) in [6.45, 7) is 0.135. The fourth-order valence-electron chi connectivity index (χ4n) is 2.70. The van der Waals surface area contributed by atoms with Crippen LogP contribution in [0.4, 0.5) is 0 Å². The van der Waals surface area contributed by atoms with Crippen molar-refractivity contribution in [1.29, 1.82) is 0 Å². The predicted octanol–water partition coefficient (Wildman–Crippen LogP) is 2.39. The largest absolute Gasteiger partial charge is 0.353 e. The average Bonchev–Trinajstić information content (AvgIpc) is 3.28. The minimum Gasteiger partial charge on any atom is -0.353 e. The quantitative estimate of drug-likeness (QED) is 0.471. The SMILES string of the molecule is O=C1CNC(=S)N1C(=O)c1ccc(Cl)cc1.O=C1CNC(=S)N1C(=O)c1ccc(Cl)cc1. The molecule has 0 unspecified atom stereocenters. The molecule has 2 aliphatic rings. The van der Waals surface area contributed by atoms with E-state index in [0.29, 0.717) is 21.2 Å². The van der Waals surface area contributed by atoms with Crippen LogP contribution in [0.5, 0.6) is 0 Å². The highest BCUT2D eigenvalue weighted by atomic mass is 35.5. The number of rotatable bonds is 2. The van der Waals surface area contributed by atoms with Gasteiger partial charge in [0.05, 0.1) is 13.1 Å². The number of halogens is 2. The molecule has 12 heteroatoms. The van der Waals surface area contributed by atoms with Crippen molar-refractivity contribution in [2.24, 2.45) is 0 Å². The monoisotopic (exact) mass is 508 g/mol. The number of imide groups is 2. The number of benzene rings is 2. The highest BCUT2D eigenvalue weighted by Crippen LogP contribution is 2.14. The van der Waals surface area contributed by atoms with Gasteiger partial charge in [-0.1, -0.05) is 23.2 Å². The first-order valence-corrected chi connectivity index (χ1v) is 10.6. The van der Waals surface area contributed by atoms with Crippen LogP contribution in [0.1, 0.15) is 20.7 Å². The van der Waals surface area contributed by atoms with Crippen molar-refractivity contribution in [3.05, 3.63) is 69.7 Å². The molecule has 0 bridgehead atoms. The summed E-state index contributed by atoms with van der Waals surface area (Å²) >= 11 is 21.1. The average molecular weight is 509 g/mol. The Morgan fingerprint density at radius 1 is 0.688 bits per heavy atom. The third kappa shape index (κ3) is 5.28. The van der Waals surface area contributed by atoms with Crippen molar-refractivity contribution in [2.75, 3.05) is 13.1 Å². The lowest BCUT2D eigenvalue weighted by molar-refractivity contribution is -0.123. The Bertz CT molecular complexity index is 1000. The molecule has 0 atom stereocenters. The van der Waals surface area contributed by atoms with E-state index in [1.165, 1.54) is 0 Å². The lowest BCUT2D eigenvalue weighted by Gasteiger charge is -2.12. The molecule has 0 saturated carbocycles. The number of hydrogen-bond donors (Lipinski definition) is 2. The van der Waals surface area contributed by atoms with Crippen LogP contribution in [-0.2, 0) is 9.59 Å². The van der Waals surface area contributed by atoms with E-state index in [2.05, 4.69) is 10.6 Å². The van der Waals surface area contributed by atoms with E-state index in [1.807, 2.05) is 0 Å². The van der Waals surface area contributed by atoms with Gasteiger partial charge in [0.25, 0.3) is 23.6 Å². The summed E-state index contributed by atoms with van der Waals surface area (Å²) in [4.78, 5) is 48.5. The van der Waals surface area contributed by atoms with Crippen molar-refractivity contribution in [3.8, 4) is 0 Å². The maximum atomic E-state index is 11.9. The van der Waals surface area contributed by atoms with E-state index in [0.717, 1.165) is 9.80 Å². The van der Waals surface area contributed by atoms with Gasteiger partial charge in [-0.15, -0.1) is 0 Å². The molecule has 2 fully saturated rings. The van der Waals surface area contributed by atoms with Crippen molar-refractivity contribution >= 4 is 81.5 Å². The number of amides is 4. The van der Waals surface area contributed by atoms with Crippen molar-refractivity contribution in [3.63, 3.8) is 0 Å². The summed E-state index contributed by atoms with van der Waals surface area (Å²) in [5, 5.41) is 6.64. The zero-order chi connectivity index (χ0) is 23.4. The van der Waals surface area contributed by atoms with Crippen LogP contribution in [0, 0.1) is 0 Å². The van der Waals surface area contributed by atoms with E-state index in [-0.39, 0.29) is 35.1 Å². The van der Waals surface area contributed by atoms with Gasteiger partial charge in [0, 0.05) is 21.2 Å². The Hall–Kier alpha value is -2.92. The summed E-state index contributed by atoms with van der Waals surface area (Å²) in [7, 11) is 0. The smallest absolute Gasteiger partial charge is 0.266 e. The van der Waals surface area contributed by atoms with Gasteiger partial charge in [-0.05, 0) is 73.0 Å². The zero-order valence-electron chi connectivity index (χ0n) is 16.1. The summed E-state index contributed by atoms with van der Waals surface area (Å²) in [6.07, 6.45) is 0. The molecular weight excluding hydrogens is 495 g/mol. The van der Waals surface area contributed by atoms with Gasteiger partial charge in [-0.25, -0.2) is 9.80 Å². The second-order valence-corrected chi connectivity index (χ2v) is 8.05. The fourth-order valence-corrected chi connectivity index (χ4v) is 3.47. The molecule has 2 saturated heterocycles. The Morgan fingerprint density at radius 2 is 1.00 bits per heavy atom. The molecule has 4 rings (SSSR count). The van der Waals surface area contributed by atoms with Crippen LogP contribution in [0.2, 0.25) is 10.0 Å². The van der Waals surface area contributed by atoms with Crippen LogP contribution >= 0.6 is 47.6 Å². The van der Waals surface area contributed by atoms with Gasteiger partial charge in [0.2, 0.25) is 0 Å². The van der Waals surface area contributed by atoms with Gasteiger partial charge in [-0.3, -0.25) is 19.2 Å². The molecule has 2 aromatic carbocycles. The summed E-state index contributed by atoms with van der Waals surface area (Å²) < 4.78 is 0. The first kappa shape index (κ1) is 23.7. The third-order valence-corrected chi connectivity index (χ3v) is 5.43. The molecule has 0 radical (unpaired) electrons. The highest BCUT2D eigenvalue weighted by Gasteiger charge is 2.32. The molecule has 2 aromatic rings. The second-order valence-electron chi connectivity index (χ2n) is 6.40. The molecular formula is C20H14Cl2N4O4S2. The molecule has 2 aliphatic heterocycles. The van der Waals surface area contributed by atoms with E-state index in [9.17, 15) is 19.2 Å². The normalized spacial score (nSPS) is 15.2. The topological polar surface area (TPSA) is 98.8 Å². The minimum atomic E-state index is -0.434. The van der Waals surface area contributed by atoms with E-state index >= 15 is 0 Å². The molecule has 0 spiro atoms. The summed E-state index contributed by atoms with van der Waals surface area (Å²) in [6, 6.07) is 12.6. The number of carbonyl (C=O) groups is 4.